The molecule has 0 aliphatic carbocycles. The van der Waals surface area contributed by atoms with Gasteiger partial charge in [0.05, 0.1) is 15.7 Å². The third kappa shape index (κ3) is 3.16. The van der Waals surface area contributed by atoms with Crippen LogP contribution in [0.15, 0.2) is 12.1 Å². The molecular formula is C13H14Cl2N2O3. The lowest BCUT2D eigenvalue weighted by atomic mass is 10.1. The van der Waals surface area contributed by atoms with Gasteiger partial charge in [0.25, 0.3) is 0 Å². The fraction of sp³-hybridized carbons (Fsp3) is 0.385. The number of carbonyl (C=O) groups is 2. The highest BCUT2D eigenvalue weighted by Crippen LogP contribution is 2.32. The fourth-order valence-electron chi connectivity index (χ4n) is 2.17. The van der Waals surface area contributed by atoms with Crippen LogP contribution in [0.2, 0.25) is 10.0 Å². The Hall–Kier alpha value is -1.46. The summed E-state index contributed by atoms with van der Waals surface area (Å²) in [5, 5.41) is 11.9. The molecule has 1 saturated heterocycles. The largest absolute Gasteiger partial charge is 0.478 e. The standard InChI is InChI=1S/C13H14Cl2N2O3/c14-8-4-5-9(15)11(10(8)12(18)19)16-13(20)17-6-2-1-3-7-17/h4-5H,1-3,6-7H2,(H,16,20)(H,18,19). The quantitative estimate of drug-likeness (QED) is 0.873. The van der Waals surface area contributed by atoms with Crippen LogP contribution in [0.25, 0.3) is 0 Å². The van der Waals surface area contributed by atoms with E-state index in [0.717, 1.165) is 19.3 Å². The van der Waals surface area contributed by atoms with E-state index in [9.17, 15) is 14.7 Å². The molecular weight excluding hydrogens is 303 g/mol. The van der Waals surface area contributed by atoms with Crippen molar-refractivity contribution in [3.8, 4) is 0 Å². The zero-order valence-electron chi connectivity index (χ0n) is 10.7. The van der Waals surface area contributed by atoms with Crippen molar-refractivity contribution in [2.45, 2.75) is 19.3 Å². The Morgan fingerprint density at radius 3 is 2.30 bits per heavy atom. The average Bonchev–Trinajstić information content (AvgIpc) is 2.43. The van der Waals surface area contributed by atoms with E-state index in [1.54, 1.807) is 4.90 Å². The number of nitrogens with zero attached hydrogens (tertiary/aromatic N) is 1. The van der Waals surface area contributed by atoms with E-state index in [4.69, 9.17) is 23.2 Å². The smallest absolute Gasteiger partial charge is 0.339 e. The van der Waals surface area contributed by atoms with E-state index in [1.807, 2.05) is 0 Å². The third-order valence-corrected chi connectivity index (χ3v) is 3.82. The van der Waals surface area contributed by atoms with Crippen LogP contribution in [0.5, 0.6) is 0 Å². The Kier molecular flexibility index (Phi) is 4.73. The van der Waals surface area contributed by atoms with Gasteiger partial charge in [0.15, 0.2) is 0 Å². The number of aromatic carboxylic acids is 1. The molecule has 2 N–H and O–H groups in total. The van der Waals surface area contributed by atoms with Crippen LogP contribution in [0.1, 0.15) is 29.6 Å². The van der Waals surface area contributed by atoms with Crippen LogP contribution in [0.3, 0.4) is 0 Å². The predicted molar refractivity (Wildman–Crippen MR) is 77.9 cm³/mol. The fourth-order valence-corrected chi connectivity index (χ4v) is 2.61. The van der Waals surface area contributed by atoms with Gasteiger partial charge < -0.3 is 15.3 Å². The van der Waals surface area contributed by atoms with Gasteiger partial charge in [-0.15, -0.1) is 0 Å². The number of hydrogen-bond donors (Lipinski definition) is 2. The van der Waals surface area contributed by atoms with Crippen molar-refractivity contribution in [3.63, 3.8) is 0 Å². The molecule has 0 saturated carbocycles. The van der Waals surface area contributed by atoms with Crippen molar-refractivity contribution < 1.29 is 14.7 Å². The lowest BCUT2D eigenvalue weighted by Gasteiger charge is -2.27. The van der Waals surface area contributed by atoms with E-state index in [2.05, 4.69) is 5.32 Å². The van der Waals surface area contributed by atoms with Crippen LogP contribution in [-0.4, -0.2) is 35.1 Å². The number of likely N-dealkylation sites (tertiary alicyclic amines) is 1. The number of anilines is 1. The van der Waals surface area contributed by atoms with Crippen molar-refractivity contribution in [3.05, 3.63) is 27.7 Å². The third-order valence-electron chi connectivity index (χ3n) is 3.19. The Labute approximate surface area is 126 Å². The summed E-state index contributed by atoms with van der Waals surface area (Å²) in [7, 11) is 0. The second kappa shape index (κ2) is 6.33. The lowest BCUT2D eigenvalue weighted by molar-refractivity contribution is 0.0698. The Morgan fingerprint density at radius 1 is 1.10 bits per heavy atom. The van der Waals surface area contributed by atoms with Crippen LogP contribution < -0.4 is 5.32 Å². The molecule has 108 valence electrons. The molecule has 0 spiro atoms. The first kappa shape index (κ1) is 14.9. The molecule has 5 nitrogen and oxygen atoms in total. The van der Waals surface area contributed by atoms with Crippen molar-refractivity contribution >= 4 is 40.9 Å². The zero-order valence-corrected chi connectivity index (χ0v) is 12.2. The minimum Gasteiger partial charge on any atom is -0.478 e. The highest BCUT2D eigenvalue weighted by atomic mass is 35.5. The summed E-state index contributed by atoms with van der Waals surface area (Å²) in [5.41, 5.74) is -0.147. The first-order valence-electron chi connectivity index (χ1n) is 6.28. The van der Waals surface area contributed by atoms with E-state index >= 15 is 0 Å². The normalized spacial score (nSPS) is 15.0. The predicted octanol–water partition coefficient (Wildman–Crippen LogP) is 3.71. The number of rotatable bonds is 2. The number of benzene rings is 1. The maximum Gasteiger partial charge on any atom is 0.339 e. The summed E-state index contributed by atoms with van der Waals surface area (Å²) in [4.78, 5) is 25.0. The second-order valence-corrected chi connectivity index (χ2v) is 5.38. The molecule has 1 heterocycles. The SMILES string of the molecule is O=C(O)c1c(Cl)ccc(Cl)c1NC(=O)N1CCCCC1. The molecule has 20 heavy (non-hydrogen) atoms. The molecule has 0 radical (unpaired) electrons. The molecule has 0 bridgehead atoms. The number of urea groups is 1. The van der Waals surface area contributed by atoms with Gasteiger partial charge in [0, 0.05) is 13.1 Å². The van der Waals surface area contributed by atoms with Crippen LogP contribution in [0.4, 0.5) is 10.5 Å². The Bertz CT molecular complexity index is 543. The summed E-state index contributed by atoms with van der Waals surface area (Å²) < 4.78 is 0. The Balaban J connectivity index is 2.26. The topological polar surface area (TPSA) is 69.6 Å². The lowest BCUT2D eigenvalue weighted by Crippen LogP contribution is -2.39. The van der Waals surface area contributed by atoms with Gasteiger partial charge in [0.1, 0.15) is 5.56 Å². The van der Waals surface area contributed by atoms with Gasteiger partial charge in [-0.25, -0.2) is 9.59 Å². The van der Waals surface area contributed by atoms with Gasteiger partial charge in [-0.05, 0) is 31.4 Å². The molecule has 1 aromatic carbocycles. The van der Waals surface area contributed by atoms with Gasteiger partial charge in [-0.2, -0.15) is 0 Å². The number of carboxylic acid groups (broad SMARTS) is 1. The zero-order chi connectivity index (χ0) is 14.7. The minimum atomic E-state index is -1.23. The monoisotopic (exact) mass is 316 g/mol. The van der Waals surface area contributed by atoms with E-state index in [-0.39, 0.29) is 27.3 Å². The number of carbonyl (C=O) groups excluding carboxylic acids is 1. The highest BCUT2D eigenvalue weighted by molar-refractivity contribution is 6.38. The molecule has 0 atom stereocenters. The minimum absolute atomic E-state index is 0.0378. The number of carboxylic acids is 1. The highest BCUT2D eigenvalue weighted by Gasteiger charge is 2.22. The van der Waals surface area contributed by atoms with Crippen molar-refractivity contribution in [1.82, 2.24) is 4.90 Å². The molecule has 0 unspecified atom stereocenters. The summed E-state index contributed by atoms with van der Waals surface area (Å²) >= 11 is 11.8. The first-order chi connectivity index (χ1) is 9.50. The van der Waals surface area contributed by atoms with Gasteiger partial charge in [0.2, 0.25) is 0 Å². The molecule has 2 rings (SSSR count). The molecule has 7 heteroatoms. The molecule has 2 amide bonds. The summed E-state index contributed by atoms with van der Waals surface area (Å²) in [5.74, 6) is -1.23. The molecule has 1 aromatic rings. The van der Waals surface area contributed by atoms with E-state index in [1.165, 1.54) is 12.1 Å². The maximum atomic E-state index is 12.1. The molecule has 1 aliphatic rings. The Morgan fingerprint density at radius 2 is 1.70 bits per heavy atom. The van der Waals surface area contributed by atoms with E-state index in [0.29, 0.717) is 13.1 Å². The van der Waals surface area contributed by atoms with Gasteiger partial charge >= 0.3 is 12.0 Å². The number of piperidine rings is 1. The summed E-state index contributed by atoms with van der Waals surface area (Å²) in [6.07, 6.45) is 2.99. The number of nitrogens with one attached hydrogen (secondary N) is 1. The second-order valence-electron chi connectivity index (χ2n) is 4.56. The van der Waals surface area contributed by atoms with Crippen LogP contribution in [0, 0.1) is 0 Å². The van der Waals surface area contributed by atoms with Crippen molar-refractivity contribution in [2.24, 2.45) is 0 Å². The molecule has 1 fully saturated rings. The van der Waals surface area contributed by atoms with Crippen molar-refractivity contribution in [1.29, 1.82) is 0 Å². The van der Waals surface area contributed by atoms with Crippen molar-refractivity contribution in [2.75, 3.05) is 18.4 Å². The van der Waals surface area contributed by atoms with Gasteiger partial charge in [-0.3, -0.25) is 0 Å². The number of halogens is 2. The number of amides is 2. The average molecular weight is 317 g/mol. The summed E-state index contributed by atoms with van der Waals surface area (Å²) in [6, 6.07) is 2.50. The maximum absolute atomic E-state index is 12.1. The number of hydrogen-bond acceptors (Lipinski definition) is 2. The van der Waals surface area contributed by atoms with Crippen LogP contribution >= 0.6 is 23.2 Å². The van der Waals surface area contributed by atoms with Gasteiger partial charge in [-0.1, -0.05) is 23.2 Å². The molecule has 0 aromatic heterocycles. The first-order valence-corrected chi connectivity index (χ1v) is 7.03. The van der Waals surface area contributed by atoms with E-state index < -0.39 is 5.97 Å². The summed E-state index contributed by atoms with van der Waals surface area (Å²) in [6.45, 7) is 1.32. The molecule has 1 aliphatic heterocycles. The van der Waals surface area contributed by atoms with Crippen LogP contribution in [-0.2, 0) is 0 Å².